The number of nitrogens with zero attached hydrogens (tertiary/aromatic N) is 3. The highest BCUT2D eigenvalue weighted by molar-refractivity contribution is 6.39. The Morgan fingerprint density at radius 3 is 2.48 bits per heavy atom. The maximum atomic E-state index is 12.1. The summed E-state index contributed by atoms with van der Waals surface area (Å²) in [5, 5.41) is -1.40. The molecule has 25 heavy (non-hydrogen) atoms. The van der Waals surface area contributed by atoms with Crippen molar-refractivity contribution in [1.82, 2.24) is 14.7 Å². The molecule has 0 aromatic carbocycles. The third-order valence-corrected chi connectivity index (χ3v) is 6.48. The maximum absolute atomic E-state index is 12.1. The molecular weight excluding hydrogens is 312 g/mol. The second kappa shape index (κ2) is 7.15. The van der Waals surface area contributed by atoms with E-state index in [9.17, 15) is 4.79 Å². The molecule has 3 rings (SSSR count). The van der Waals surface area contributed by atoms with Gasteiger partial charge in [0.15, 0.2) is 0 Å². The summed E-state index contributed by atoms with van der Waals surface area (Å²) in [5.41, 5.74) is 0.292. The number of carbonyl (C=O) groups is 1. The first-order valence-corrected chi connectivity index (χ1v) is 9.71. The Labute approximate surface area is 155 Å². The van der Waals surface area contributed by atoms with Crippen LogP contribution in [-0.2, 0) is 4.74 Å². The molecule has 1 amide bonds. The average Bonchev–Trinajstić information content (AvgIpc) is 2.97. The van der Waals surface area contributed by atoms with Gasteiger partial charge >= 0.3 is 6.09 Å². The predicted octanol–water partition coefficient (Wildman–Crippen LogP) is 1.40. The summed E-state index contributed by atoms with van der Waals surface area (Å²) in [6.45, 7) is 8.82. The Kier molecular flexibility index (Phi) is 5.46. The zero-order chi connectivity index (χ0) is 18.2. The first kappa shape index (κ1) is 19.1. The van der Waals surface area contributed by atoms with Crippen LogP contribution >= 0.6 is 0 Å². The Bertz CT molecular complexity index is 483. The molecule has 0 aromatic heterocycles. The van der Waals surface area contributed by atoms with Gasteiger partial charge in [-0.25, -0.2) is 4.79 Å². The molecule has 3 aliphatic rings. The van der Waals surface area contributed by atoms with Gasteiger partial charge in [0.25, 0.3) is 0 Å². The molecule has 2 heterocycles. The van der Waals surface area contributed by atoms with Crippen molar-refractivity contribution in [2.75, 3.05) is 39.8 Å². The molecule has 136 valence electrons. The van der Waals surface area contributed by atoms with Gasteiger partial charge in [-0.15, -0.1) is 0 Å². The van der Waals surface area contributed by atoms with Gasteiger partial charge in [-0.05, 0) is 71.1 Å². The van der Waals surface area contributed by atoms with Crippen LogP contribution in [0.3, 0.4) is 0 Å². The van der Waals surface area contributed by atoms with Crippen LogP contribution in [0, 0.1) is 5.41 Å². The van der Waals surface area contributed by atoms with Crippen molar-refractivity contribution in [2.45, 2.75) is 63.4 Å². The number of carbonyl (C=O) groups excluding carboxylic acids is 1. The van der Waals surface area contributed by atoms with E-state index in [1.165, 1.54) is 45.7 Å². The van der Waals surface area contributed by atoms with E-state index >= 15 is 0 Å². The first-order valence-electron chi connectivity index (χ1n) is 9.71. The zero-order valence-electron chi connectivity index (χ0n) is 16.0. The van der Waals surface area contributed by atoms with Crippen LogP contribution in [-0.4, -0.2) is 93.7 Å². The lowest BCUT2D eigenvalue weighted by atomic mass is 9.64. The number of hydrogen-bond acceptors (Lipinski definition) is 4. The molecular formula is C18H31B2N3O2. The number of rotatable bonds is 4. The molecule has 0 aromatic rings. The minimum absolute atomic E-state index is 0.292. The highest BCUT2D eigenvalue weighted by atomic mass is 16.6. The lowest BCUT2D eigenvalue weighted by molar-refractivity contribution is -0.0141. The molecule has 0 bridgehead atoms. The van der Waals surface area contributed by atoms with E-state index in [1.54, 1.807) is 4.90 Å². The largest absolute Gasteiger partial charge is 0.464 e. The van der Waals surface area contributed by atoms with Crippen molar-refractivity contribution >= 4 is 21.8 Å². The van der Waals surface area contributed by atoms with Crippen LogP contribution in [0.15, 0.2) is 0 Å². The van der Waals surface area contributed by atoms with E-state index in [-0.39, 0.29) is 6.09 Å². The third kappa shape index (κ3) is 4.36. The van der Waals surface area contributed by atoms with E-state index in [2.05, 4.69) is 23.8 Å². The molecule has 0 N–H and O–H groups in total. The normalized spacial score (nSPS) is 31.5. The van der Waals surface area contributed by atoms with Crippen molar-refractivity contribution in [3.05, 3.63) is 0 Å². The molecule has 1 spiro atoms. The van der Waals surface area contributed by atoms with E-state index in [0.29, 0.717) is 11.5 Å². The van der Waals surface area contributed by atoms with E-state index in [4.69, 9.17) is 20.4 Å². The van der Waals surface area contributed by atoms with Gasteiger partial charge in [0.05, 0.1) is 0 Å². The summed E-state index contributed by atoms with van der Waals surface area (Å²) >= 11 is 0. The van der Waals surface area contributed by atoms with Crippen LogP contribution in [0.1, 0.15) is 46.0 Å². The summed E-state index contributed by atoms with van der Waals surface area (Å²) in [6.07, 6.45) is 5.65. The Morgan fingerprint density at radius 2 is 1.92 bits per heavy atom. The fourth-order valence-corrected chi connectivity index (χ4v) is 4.82. The average molecular weight is 343 g/mol. The number of hydrogen-bond donors (Lipinski definition) is 0. The first-order chi connectivity index (χ1) is 11.7. The number of piperidine rings is 1. The molecule has 7 heteroatoms. The van der Waals surface area contributed by atoms with Gasteiger partial charge in [-0.3, -0.25) is 0 Å². The van der Waals surface area contributed by atoms with Crippen molar-refractivity contribution in [3.8, 4) is 0 Å². The molecule has 3 fully saturated rings. The van der Waals surface area contributed by atoms with Crippen LogP contribution < -0.4 is 0 Å². The zero-order valence-corrected chi connectivity index (χ0v) is 16.0. The van der Waals surface area contributed by atoms with Gasteiger partial charge in [0.1, 0.15) is 15.7 Å². The van der Waals surface area contributed by atoms with E-state index in [0.717, 1.165) is 32.1 Å². The van der Waals surface area contributed by atoms with Crippen LogP contribution in [0.4, 0.5) is 4.79 Å². The predicted molar refractivity (Wildman–Crippen MR) is 101 cm³/mol. The molecule has 2 saturated heterocycles. The van der Waals surface area contributed by atoms with Gasteiger partial charge in [-0.1, -0.05) is 6.92 Å². The topological polar surface area (TPSA) is 36.0 Å². The van der Waals surface area contributed by atoms with Gasteiger partial charge in [-0.2, -0.15) is 0 Å². The number of likely N-dealkylation sites (tertiary alicyclic amines) is 2. The van der Waals surface area contributed by atoms with Crippen molar-refractivity contribution in [2.24, 2.45) is 5.41 Å². The second-order valence-corrected chi connectivity index (χ2v) is 8.63. The van der Waals surface area contributed by atoms with Gasteiger partial charge in [0, 0.05) is 30.6 Å². The maximum Gasteiger partial charge on any atom is 0.408 e. The molecule has 4 radical (unpaired) electrons. The summed E-state index contributed by atoms with van der Waals surface area (Å²) in [5.74, 6) is 0. The summed E-state index contributed by atoms with van der Waals surface area (Å²) in [6, 6.07) is 1.44. The summed E-state index contributed by atoms with van der Waals surface area (Å²) in [4.78, 5) is 19.0. The Morgan fingerprint density at radius 1 is 1.28 bits per heavy atom. The fourth-order valence-electron chi connectivity index (χ4n) is 4.82. The molecule has 0 unspecified atom stereocenters. The SMILES string of the molecule is [B]C([B])(C)OC(=O)N1CCC2(CC(N3CCC(N(C)CC)CC3)C2)C1. The minimum Gasteiger partial charge on any atom is -0.464 e. The van der Waals surface area contributed by atoms with Crippen molar-refractivity contribution < 1.29 is 9.53 Å². The van der Waals surface area contributed by atoms with Gasteiger partial charge < -0.3 is 19.4 Å². The lowest BCUT2D eigenvalue weighted by Crippen LogP contribution is -2.55. The second-order valence-electron chi connectivity index (χ2n) is 8.63. The summed E-state index contributed by atoms with van der Waals surface area (Å²) < 4.78 is 5.10. The van der Waals surface area contributed by atoms with Gasteiger partial charge in [0.2, 0.25) is 0 Å². The lowest BCUT2D eigenvalue weighted by Gasteiger charge is -2.52. The number of ether oxygens (including phenoxy) is 1. The quantitative estimate of drug-likeness (QED) is 0.724. The van der Waals surface area contributed by atoms with Crippen LogP contribution in [0.25, 0.3) is 0 Å². The van der Waals surface area contributed by atoms with Crippen molar-refractivity contribution in [1.29, 1.82) is 0 Å². The Balaban J connectivity index is 1.43. The molecule has 2 aliphatic heterocycles. The summed E-state index contributed by atoms with van der Waals surface area (Å²) in [7, 11) is 13.4. The van der Waals surface area contributed by atoms with E-state index in [1.807, 2.05) is 0 Å². The number of amides is 1. The van der Waals surface area contributed by atoms with Crippen LogP contribution in [0.5, 0.6) is 0 Å². The van der Waals surface area contributed by atoms with E-state index < -0.39 is 5.40 Å². The Hall–Kier alpha value is -0.680. The minimum atomic E-state index is -1.40. The highest BCUT2D eigenvalue weighted by Gasteiger charge is 2.51. The third-order valence-electron chi connectivity index (χ3n) is 6.48. The van der Waals surface area contributed by atoms with Crippen LogP contribution in [0.2, 0.25) is 0 Å². The fraction of sp³-hybridized carbons (Fsp3) is 0.944. The monoisotopic (exact) mass is 343 g/mol. The highest BCUT2D eigenvalue weighted by Crippen LogP contribution is 2.50. The molecule has 0 atom stereocenters. The molecule has 1 saturated carbocycles. The smallest absolute Gasteiger partial charge is 0.408 e. The molecule has 1 aliphatic carbocycles. The van der Waals surface area contributed by atoms with Crippen molar-refractivity contribution in [3.63, 3.8) is 0 Å². The standard InChI is InChI=1S/C18H31B2N3O2/c1-4-21(3)14-5-8-22(9-6-14)15-11-18(12-15)7-10-23(13-18)16(24)25-17(2,19)20/h14-15H,4-13H2,1-3H3. The molecule has 5 nitrogen and oxygen atoms in total.